The highest BCUT2D eigenvalue weighted by atomic mass is 14.4. The lowest BCUT2D eigenvalue weighted by Gasteiger charge is -2.24. The predicted molar refractivity (Wildman–Crippen MR) is 210 cm³/mol. The maximum atomic E-state index is 2.45. The van der Waals surface area contributed by atoms with Crippen LogP contribution in [0, 0.1) is 0 Å². The molecule has 0 spiro atoms. The first-order chi connectivity index (χ1) is 24.1. The third-order valence-electron chi connectivity index (χ3n) is 11.0. The monoisotopic (exact) mass is 622 g/mol. The van der Waals surface area contributed by atoms with Crippen LogP contribution in [-0.2, 0) is 5.41 Å². The summed E-state index contributed by atoms with van der Waals surface area (Å²) in [7, 11) is 0. The summed E-state index contributed by atoms with van der Waals surface area (Å²) in [5, 5.41) is 10.5. The first kappa shape index (κ1) is 28.1. The number of benzene rings is 9. The van der Waals surface area contributed by atoms with Gasteiger partial charge in [-0.15, -0.1) is 0 Å². The van der Waals surface area contributed by atoms with Crippen molar-refractivity contribution in [2.75, 3.05) is 0 Å². The Morgan fingerprint density at radius 2 is 0.694 bits per heavy atom. The maximum Gasteiger partial charge on any atom is 0.0165 e. The minimum absolute atomic E-state index is 0.122. The lowest BCUT2D eigenvalue weighted by Crippen LogP contribution is -2.15. The van der Waals surface area contributed by atoms with Gasteiger partial charge < -0.3 is 0 Å². The summed E-state index contributed by atoms with van der Waals surface area (Å²) in [5.41, 5.74) is 13.1. The van der Waals surface area contributed by atoms with E-state index in [0.717, 1.165) is 0 Å². The van der Waals surface area contributed by atoms with Crippen LogP contribution in [0.3, 0.4) is 0 Å². The molecule has 1 aliphatic carbocycles. The fourth-order valence-corrected chi connectivity index (χ4v) is 8.85. The summed E-state index contributed by atoms with van der Waals surface area (Å²) in [5.74, 6) is 0. The summed E-state index contributed by atoms with van der Waals surface area (Å²) in [6.45, 7) is 4.81. The van der Waals surface area contributed by atoms with Crippen molar-refractivity contribution in [3.05, 3.63) is 181 Å². The van der Waals surface area contributed by atoms with E-state index in [0.29, 0.717) is 0 Å². The van der Waals surface area contributed by atoms with Crippen LogP contribution in [0.25, 0.3) is 87.6 Å². The standard InChI is InChI=1S/C49H34/c1-49(2)44-30-34(28-29-43(44)47-37-18-8-6-16-35(37)36-17-7-13-23-42(36)48(47)49)31-24-26-33(27-25-31)46-40-21-11-9-19-38(40)45(32-14-4-3-5-15-32)39-20-10-12-22-41(39)46/h3-30H,1-2H3. The van der Waals surface area contributed by atoms with Crippen molar-refractivity contribution in [1.29, 1.82) is 0 Å². The quantitative estimate of drug-likeness (QED) is 0.136. The average Bonchev–Trinajstić information content (AvgIpc) is 3.40. The largest absolute Gasteiger partial charge is 0.0622 e. The zero-order chi connectivity index (χ0) is 32.7. The second kappa shape index (κ2) is 10.5. The van der Waals surface area contributed by atoms with Gasteiger partial charge in [-0.05, 0) is 105 Å². The topological polar surface area (TPSA) is 0 Å². The second-order valence-electron chi connectivity index (χ2n) is 14.0. The third-order valence-corrected chi connectivity index (χ3v) is 11.0. The zero-order valence-corrected chi connectivity index (χ0v) is 27.7. The Bertz CT molecular complexity index is 2710. The van der Waals surface area contributed by atoms with Gasteiger partial charge in [0.1, 0.15) is 0 Å². The van der Waals surface area contributed by atoms with Crippen LogP contribution in [0.2, 0.25) is 0 Å². The molecule has 49 heavy (non-hydrogen) atoms. The molecule has 9 aromatic rings. The number of hydrogen-bond donors (Lipinski definition) is 0. The van der Waals surface area contributed by atoms with Gasteiger partial charge in [0.15, 0.2) is 0 Å². The van der Waals surface area contributed by atoms with Crippen molar-refractivity contribution in [3.8, 4) is 44.5 Å². The SMILES string of the molecule is CC1(C)c2cc(-c3ccc(-c4c5ccccc5c(-c5ccccc5)c5ccccc45)cc3)ccc2-c2c1c1ccccc1c1ccccc21. The van der Waals surface area contributed by atoms with Gasteiger partial charge in [0.2, 0.25) is 0 Å². The van der Waals surface area contributed by atoms with E-state index in [2.05, 4.69) is 184 Å². The molecule has 0 fully saturated rings. The number of rotatable bonds is 3. The van der Waals surface area contributed by atoms with E-state index >= 15 is 0 Å². The van der Waals surface area contributed by atoms with Crippen molar-refractivity contribution >= 4 is 43.1 Å². The molecular formula is C49H34. The van der Waals surface area contributed by atoms with Crippen molar-refractivity contribution in [2.45, 2.75) is 19.3 Å². The average molecular weight is 623 g/mol. The van der Waals surface area contributed by atoms with Gasteiger partial charge in [0.25, 0.3) is 0 Å². The van der Waals surface area contributed by atoms with E-state index in [4.69, 9.17) is 0 Å². The Morgan fingerprint density at radius 1 is 0.306 bits per heavy atom. The lowest BCUT2D eigenvalue weighted by atomic mass is 9.78. The van der Waals surface area contributed by atoms with Gasteiger partial charge in [-0.1, -0.05) is 178 Å². The normalized spacial score (nSPS) is 13.3. The smallest absolute Gasteiger partial charge is 0.0165 e. The fourth-order valence-electron chi connectivity index (χ4n) is 8.85. The molecule has 0 radical (unpaired) electrons. The van der Waals surface area contributed by atoms with Gasteiger partial charge in [0, 0.05) is 5.41 Å². The van der Waals surface area contributed by atoms with Crippen LogP contribution in [0.15, 0.2) is 170 Å². The molecule has 10 rings (SSSR count). The predicted octanol–water partition coefficient (Wildman–Crippen LogP) is 13.6. The molecule has 9 aromatic carbocycles. The molecular weight excluding hydrogens is 589 g/mol. The molecule has 0 heterocycles. The molecule has 0 N–H and O–H groups in total. The maximum absolute atomic E-state index is 2.45. The Hall–Kier alpha value is -5.98. The molecule has 0 amide bonds. The van der Waals surface area contributed by atoms with Crippen LogP contribution < -0.4 is 0 Å². The van der Waals surface area contributed by atoms with E-state index in [1.165, 1.54) is 98.7 Å². The van der Waals surface area contributed by atoms with E-state index in [1.807, 2.05) is 0 Å². The van der Waals surface area contributed by atoms with Crippen LogP contribution in [0.1, 0.15) is 25.0 Å². The molecule has 0 bridgehead atoms. The lowest BCUT2D eigenvalue weighted by molar-refractivity contribution is 0.667. The van der Waals surface area contributed by atoms with E-state index in [-0.39, 0.29) is 5.41 Å². The number of fused-ring (bicyclic) bond motifs is 10. The minimum Gasteiger partial charge on any atom is -0.0622 e. The molecule has 0 atom stereocenters. The second-order valence-corrected chi connectivity index (χ2v) is 14.0. The minimum atomic E-state index is -0.122. The van der Waals surface area contributed by atoms with Crippen molar-refractivity contribution < 1.29 is 0 Å². The molecule has 0 saturated heterocycles. The molecule has 1 aliphatic rings. The molecule has 0 heteroatoms. The van der Waals surface area contributed by atoms with Gasteiger partial charge in [-0.25, -0.2) is 0 Å². The summed E-state index contributed by atoms with van der Waals surface area (Å²) < 4.78 is 0. The van der Waals surface area contributed by atoms with Crippen molar-refractivity contribution in [2.24, 2.45) is 0 Å². The van der Waals surface area contributed by atoms with Gasteiger partial charge >= 0.3 is 0 Å². The van der Waals surface area contributed by atoms with Crippen LogP contribution in [0.4, 0.5) is 0 Å². The highest BCUT2D eigenvalue weighted by Crippen LogP contribution is 2.55. The molecule has 230 valence electrons. The van der Waals surface area contributed by atoms with E-state index in [1.54, 1.807) is 0 Å². The van der Waals surface area contributed by atoms with Gasteiger partial charge in [-0.2, -0.15) is 0 Å². The molecule has 0 aliphatic heterocycles. The van der Waals surface area contributed by atoms with E-state index in [9.17, 15) is 0 Å². The summed E-state index contributed by atoms with van der Waals surface area (Å²) in [6, 6.07) is 62.9. The zero-order valence-electron chi connectivity index (χ0n) is 27.7. The Balaban J connectivity index is 1.12. The first-order valence-electron chi connectivity index (χ1n) is 17.3. The molecule has 0 nitrogen and oxygen atoms in total. The highest BCUT2D eigenvalue weighted by Gasteiger charge is 2.38. The third kappa shape index (κ3) is 4.04. The number of hydrogen-bond acceptors (Lipinski definition) is 0. The first-order valence-corrected chi connectivity index (χ1v) is 17.3. The Labute approximate surface area is 286 Å². The van der Waals surface area contributed by atoms with Crippen LogP contribution >= 0.6 is 0 Å². The summed E-state index contributed by atoms with van der Waals surface area (Å²) in [6.07, 6.45) is 0. The summed E-state index contributed by atoms with van der Waals surface area (Å²) in [4.78, 5) is 0. The van der Waals surface area contributed by atoms with Crippen LogP contribution in [-0.4, -0.2) is 0 Å². The van der Waals surface area contributed by atoms with Crippen molar-refractivity contribution in [1.82, 2.24) is 0 Å². The molecule has 0 unspecified atom stereocenters. The van der Waals surface area contributed by atoms with Gasteiger partial charge in [-0.3, -0.25) is 0 Å². The van der Waals surface area contributed by atoms with Gasteiger partial charge in [0.05, 0.1) is 0 Å². The summed E-state index contributed by atoms with van der Waals surface area (Å²) >= 11 is 0. The van der Waals surface area contributed by atoms with Crippen molar-refractivity contribution in [3.63, 3.8) is 0 Å². The Kier molecular flexibility index (Phi) is 6.02. The molecule has 0 aromatic heterocycles. The van der Waals surface area contributed by atoms with E-state index < -0.39 is 0 Å². The Morgan fingerprint density at radius 3 is 1.24 bits per heavy atom. The molecule has 0 saturated carbocycles. The van der Waals surface area contributed by atoms with Crippen LogP contribution in [0.5, 0.6) is 0 Å². The highest BCUT2D eigenvalue weighted by molar-refractivity contribution is 6.21. The fraction of sp³-hybridized carbons (Fsp3) is 0.0612.